The summed E-state index contributed by atoms with van der Waals surface area (Å²) < 4.78 is 5.78. The molecule has 118 valence electrons. The normalized spacial score (nSPS) is 33.1. The Kier molecular flexibility index (Phi) is 3.66. The molecule has 2 fully saturated rings. The third-order valence-electron chi connectivity index (χ3n) is 5.60. The number of carbonyl (C=O) groups excluding carboxylic acids is 1. The maximum atomic E-state index is 12.4. The monoisotopic (exact) mass is 300 g/mol. The van der Waals surface area contributed by atoms with E-state index >= 15 is 0 Å². The van der Waals surface area contributed by atoms with Gasteiger partial charge in [0.1, 0.15) is 0 Å². The van der Waals surface area contributed by atoms with Gasteiger partial charge in [-0.15, -0.1) is 0 Å². The molecule has 1 saturated carbocycles. The summed E-state index contributed by atoms with van der Waals surface area (Å²) in [7, 11) is 0. The van der Waals surface area contributed by atoms with Gasteiger partial charge in [0, 0.05) is 37.6 Å². The first-order valence-electron chi connectivity index (χ1n) is 8.46. The van der Waals surface area contributed by atoms with Gasteiger partial charge in [0.25, 0.3) is 0 Å². The van der Waals surface area contributed by atoms with Crippen LogP contribution in [0.5, 0.6) is 0 Å². The van der Waals surface area contributed by atoms with Crippen molar-refractivity contribution >= 4 is 5.91 Å². The zero-order chi connectivity index (χ0) is 15.1. The predicted octanol–water partition coefficient (Wildman–Crippen LogP) is 1.93. The zero-order valence-electron chi connectivity index (χ0n) is 13.1. The van der Waals surface area contributed by atoms with Crippen molar-refractivity contribution in [3.8, 4) is 0 Å². The van der Waals surface area contributed by atoms with E-state index in [1.165, 1.54) is 11.1 Å². The largest absolute Gasteiger partial charge is 0.377 e. The van der Waals surface area contributed by atoms with Crippen LogP contribution in [-0.4, -0.2) is 36.1 Å². The second kappa shape index (κ2) is 5.67. The second-order valence-corrected chi connectivity index (χ2v) is 6.87. The molecule has 1 aliphatic carbocycles. The van der Waals surface area contributed by atoms with E-state index in [2.05, 4.69) is 41.4 Å². The van der Waals surface area contributed by atoms with Crippen LogP contribution < -0.4 is 5.32 Å². The molecular formula is C18H24N2O2. The van der Waals surface area contributed by atoms with Crippen molar-refractivity contribution < 1.29 is 9.53 Å². The first-order chi connectivity index (χ1) is 10.8. The van der Waals surface area contributed by atoms with E-state index in [9.17, 15) is 4.79 Å². The topological polar surface area (TPSA) is 41.6 Å². The second-order valence-electron chi connectivity index (χ2n) is 6.87. The highest BCUT2D eigenvalue weighted by Gasteiger charge is 2.53. The van der Waals surface area contributed by atoms with Gasteiger partial charge in [-0.05, 0) is 24.0 Å². The minimum atomic E-state index is 0.168. The number of hydrogen-bond acceptors (Lipinski definition) is 3. The Labute approximate surface area is 131 Å². The maximum absolute atomic E-state index is 12.4. The molecule has 1 saturated heterocycles. The Bertz CT molecular complexity index is 549. The molecule has 1 N–H and O–H groups in total. The summed E-state index contributed by atoms with van der Waals surface area (Å²) in [4.78, 5) is 14.6. The van der Waals surface area contributed by atoms with Crippen molar-refractivity contribution in [3.05, 3.63) is 35.4 Å². The van der Waals surface area contributed by atoms with E-state index in [0.717, 1.165) is 32.5 Å². The Morgan fingerprint density at radius 2 is 2.05 bits per heavy atom. The first-order valence-corrected chi connectivity index (χ1v) is 8.46. The van der Waals surface area contributed by atoms with E-state index in [-0.39, 0.29) is 5.91 Å². The van der Waals surface area contributed by atoms with Crippen LogP contribution in [0.1, 0.15) is 30.9 Å². The van der Waals surface area contributed by atoms with Crippen LogP contribution in [0.15, 0.2) is 24.3 Å². The van der Waals surface area contributed by atoms with Crippen LogP contribution in [0.4, 0.5) is 0 Å². The van der Waals surface area contributed by atoms with Crippen LogP contribution in [0.3, 0.4) is 0 Å². The highest BCUT2D eigenvalue weighted by atomic mass is 16.5. The van der Waals surface area contributed by atoms with Gasteiger partial charge in [-0.3, -0.25) is 9.69 Å². The molecular weight excluding hydrogens is 276 g/mol. The Morgan fingerprint density at radius 1 is 1.32 bits per heavy atom. The molecule has 3 aliphatic rings. The molecule has 4 rings (SSSR count). The number of benzene rings is 1. The molecule has 0 aromatic heterocycles. The molecule has 0 bridgehead atoms. The van der Waals surface area contributed by atoms with Gasteiger partial charge in [0.15, 0.2) is 0 Å². The summed E-state index contributed by atoms with van der Waals surface area (Å²) in [5.74, 6) is 1.22. The Hall–Kier alpha value is -1.39. The van der Waals surface area contributed by atoms with Crippen molar-refractivity contribution in [2.75, 3.05) is 13.2 Å². The first kappa shape index (κ1) is 14.2. The van der Waals surface area contributed by atoms with Gasteiger partial charge in [0.2, 0.25) is 5.91 Å². The number of fused-ring (bicyclic) bond motifs is 2. The summed E-state index contributed by atoms with van der Waals surface area (Å²) in [5.41, 5.74) is 2.71. The van der Waals surface area contributed by atoms with E-state index in [0.29, 0.717) is 30.5 Å². The van der Waals surface area contributed by atoms with E-state index in [1.54, 1.807) is 0 Å². The molecule has 1 amide bonds. The molecule has 0 spiro atoms. The van der Waals surface area contributed by atoms with Gasteiger partial charge in [-0.2, -0.15) is 0 Å². The number of nitrogens with zero attached hydrogens (tertiary/aromatic N) is 1. The average molecular weight is 300 g/mol. The van der Waals surface area contributed by atoms with Crippen LogP contribution in [0.2, 0.25) is 0 Å². The highest BCUT2D eigenvalue weighted by Crippen LogP contribution is 2.45. The number of carbonyl (C=O) groups is 1. The highest BCUT2D eigenvalue weighted by molar-refractivity contribution is 5.78. The lowest BCUT2D eigenvalue weighted by Crippen LogP contribution is -2.62. The number of ether oxygens (including phenoxy) is 1. The average Bonchev–Trinajstić information content (AvgIpc) is 3.09. The fourth-order valence-corrected chi connectivity index (χ4v) is 4.48. The summed E-state index contributed by atoms with van der Waals surface area (Å²) in [6.45, 7) is 5.33. The quantitative estimate of drug-likeness (QED) is 0.924. The molecule has 1 aromatic rings. The Balaban J connectivity index is 1.32. The van der Waals surface area contributed by atoms with E-state index in [1.807, 2.05) is 0 Å². The maximum Gasteiger partial charge on any atom is 0.234 e. The third kappa shape index (κ3) is 2.34. The van der Waals surface area contributed by atoms with Crippen molar-refractivity contribution in [1.29, 1.82) is 0 Å². The molecule has 1 aromatic carbocycles. The lowest BCUT2D eigenvalue weighted by molar-refractivity contribution is -0.128. The summed E-state index contributed by atoms with van der Waals surface area (Å²) in [5, 5.41) is 3.28. The third-order valence-corrected chi connectivity index (χ3v) is 5.60. The fraction of sp³-hybridized carbons (Fsp3) is 0.611. The minimum absolute atomic E-state index is 0.168. The molecule has 2 aliphatic heterocycles. The lowest BCUT2D eigenvalue weighted by atomic mass is 9.65. The van der Waals surface area contributed by atoms with Crippen molar-refractivity contribution in [1.82, 2.24) is 10.2 Å². The zero-order valence-corrected chi connectivity index (χ0v) is 13.1. The van der Waals surface area contributed by atoms with Gasteiger partial charge < -0.3 is 10.1 Å². The fourth-order valence-electron chi connectivity index (χ4n) is 4.48. The molecule has 22 heavy (non-hydrogen) atoms. The Morgan fingerprint density at radius 3 is 2.73 bits per heavy atom. The summed E-state index contributed by atoms with van der Waals surface area (Å²) >= 11 is 0. The van der Waals surface area contributed by atoms with Crippen LogP contribution in [0.25, 0.3) is 0 Å². The number of amides is 1. The summed E-state index contributed by atoms with van der Waals surface area (Å²) in [6.07, 6.45) is 2.58. The van der Waals surface area contributed by atoms with Crippen molar-refractivity contribution in [2.45, 2.75) is 45.0 Å². The van der Waals surface area contributed by atoms with E-state index in [4.69, 9.17) is 4.74 Å². The number of rotatable bonds is 4. The van der Waals surface area contributed by atoms with Crippen molar-refractivity contribution in [3.63, 3.8) is 0 Å². The van der Waals surface area contributed by atoms with Crippen LogP contribution in [0, 0.1) is 11.8 Å². The SMILES string of the molecule is CC[C@@H]1[C@@H](NC(=O)CN2Cc3ccccc3C2)[C@@H]2CCO[C@H]12. The molecule has 4 nitrogen and oxygen atoms in total. The van der Waals surface area contributed by atoms with Gasteiger partial charge >= 0.3 is 0 Å². The molecule has 4 heteroatoms. The predicted molar refractivity (Wildman–Crippen MR) is 84.1 cm³/mol. The molecule has 0 unspecified atom stereocenters. The van der Waals surface area contributed by atoms with Crippen LogP contribution in [-0.2, 0) is 22.6 Å². The lowest BCUT2D eigenvalue weighted by Gasteiger charge is -2.47. The van der Waals surface area contributed by atoms with Gasteiger partial charge in [0.05, 0.1) is 12.6 Å². The number of hydrogen-bond donors (Lipinski definition) is 1. The minimum Gasteiger partial charge on any atom is -0.377 e. The van der Waals surface area contributed by atoms with E-state index < -0.39 is 0 Å². The molecule has 0 radical (unpaired) electrons. The summed E-state index contributed by atoms with van der Waals surface area (Å²) in [6, 6.07) is 8.79. The molecule has 4 atom stereocenters. The molecule has 2 heterocycles. The van der Waals surface area contributed by atoms with Crippen LogP contribution >= 0.6 is 0 Å². The standard InChI is InChI=1S/C18H24N2O2/c1-2-14-17(15-7-8-22-18(14)15)19-16(21)11-20-9-12-5-3-4-6-13(12)10-20/h3-6,14-15,17-18H,2,7-11H2,1H3,(H,19,21)/t14-,15+,17-,18-/m1/s1. The van der Waals surface area contributed by atoms with Gasteiger partial charge in [-0.25, -0.2) is 0 Å². The smallest absolute Gasteiger partial charge is 0.234 e. The van der Waals surface area contributed by atoms with Crippen molar-refractivity contribution in [2.24, 2.45) is 11.8 Å². The number of nitrogens with one attached hydrogen (secondary N) is 1. The van der Waals surface area contributed by atoms with Gasteiger partial charge in [-0.1, -0.05) is 31.2 Å².